The highest BCUT2D eigenvalue weighted by Crippen LogP contribution is 2.09. The molecule has 0 bridgehead atoms. The summed E-state index contributed by atoms with van der Waals surface area (Å²) in [5, 5.41) is 15.5. The fraction of sp³-hybridized carbons (Fsp3) is 0.667. The van der Waals surface area contributed by atoms with Crippen LogP contribution in [0.4, 0.5) is 0 Å². The van der Waals surface area contributed by atoms with Crippen molar-refractivity contribution in [2.24, 2.45) is 0 Å². The highest BCUT2D eigenvalue weighted by Gasteiger charge is 2.25. The second kappa shape index (κ2) is 8.17. The van der Waals surface area contributed by atoms with Crippen LogP contribution < -0.4 is 10.6 Å². The van der Waals surface area contributed by atoms with Gasteiger partial charge in [-0.1, -0.05) is 0 Å². The topological polar surface area (TPSA) is 77.7 Å². The lowest BCUT2D eigenvalue weighted by Crippen LogP contribution is -2.50. The van der Waals surface area contributed by atoms with Crippen molar-refractivity contribution < 1.29 is 14.3 Å². The molecule has 1 aliphatic heterocycles. The van der Waals surface area contributed by atoms with Crippen molar-refractivity contribution in [2.45, 2.75) is 38.4 Å². The molecule has 1 aromatic heterocycles. The maximum absolute atomic E-state index is 12.2. The smallest absolute Gasteiger partial charge is 0.237 e. The van der Waals surface area contributed by atoms with E-state index >= 15 is 0 Å². The molecule has 6 heteroatoms. The monoisotopic (exact) mass is 295 g/mol. The first-order valence-corrected chi connectivity index (χ1v) is 7.59. The van der Waals surface area contributed by atoms with Crippen LogP contribution in [0.5, 0.6) is 0 Å². The molecule has 118 valence electrons. The molecular formula is C15H25N3O3. The lowest BCUT2D eigenvalue weighted by Gasteiger charge is -2.30. The Morgan fingerprint density at radius 2 is 2.52 bits per heavy atom. The number of hydrogen-bond acceptors (Lipinski definition) is 5. The van der Waals surface area contributed by atoms with Crippen LogP contribution in [0, 0.1) is 0 Å². The van der Waals surface area contributed by atoms with Crippen molar-refractivity contribution in [2.75, 3.05) is 26.2 Å². The van der Waals surface area contributed by atoms with E-state index in [1.165, 1.54) is 6.42 Å². The molecule has 0 spiro atoms. The second-order valence-corrected chi connectivity index (χ2v) is 5.48. The molecule has 0 saturated carbocycles. The number of carbonyl (C=O) groups excluding carboxylic acids is 1. The normalized spacial score (nSPS) is 19.9. The molecule has 2 atom stereocenters. The molecule has 1 aliphatic rings. The first-order chi connectivity index (χ1) is 10.2. The van der Waals surface area contributed by atoms with E-state index < -0.39 is 0 Å². The highest BCUT2D eigenvalue weighted by atomic mass is 16.3. The molecule has 2 unspecified atom stereocenters. The van der Waals surface area contributed by atoms with Crippen LogP contribution in [-0.4, -0.2) is 54.2 Å². The number of nitrogens with zero attached hydrogens (tertiary/aromatic N) is 1. The molecule has 21 heavy (non-hydrogen) atoms. The summed E-state index contributed by atoms with van der Waals surface area (Å²) in [5.41, 5.74) is 0. The zero-order valence-electron chi connectivity index (χ0n) is 12.5. The number of aliphatic hydroxyl groups is 1. The molecule has 2 rings (SSSR count). The molecular weight excluding hydrogens is 270 g/mol. The predicted octanol–water partition coefficient (Wildman–Crippen LogP) is 0.331. The minimum atomic E-state index is -0.269. The quantitative estimate of drug-likeness (QED) is 0.644. The SMILES string of the molecule is CC(C(=O)NCc1ccco1)N(CCO)CC1CCCN1. The Morgan fingerprint density at radius 1 is 1.67 bits per heavy atom. The summed E-state index contributed by atoms with van der Waals surface area (Å²) in [7, 11) is 0. The minimum absolute atomic E-state index is 0.0437. The summed E-state index contributed by atoms with van der Waals surface area (Å²) in [4.78, 5) is 14.3. The first-order valence-electron chi connectivity index (χ1n) is 7.59. The molecule has 1 fully saturated rings. The molecule has 0 aliphatic carbocycles. The zero-order chi connectivity index (χ0) is 15.1. The maximum atomic E-state index is 12.2. The standard InChI is InChI=1S/C15H25N3O3/c1-12(15(20)17-10-14-5-3-9-21-14)18(7-8-19)11-13-4-2-6-16-13/h3,5,9,12-13,16,19H,2,4,6-8,10-11H2,1H3,(H,17,20). The van der Waals surface area contributed by atoms with Gasteiger partial charge in [0.2, 0.25) is 5.91 Å². The average molecular weight is 295 g/mol. The van der Waals surface area contributed by atoms with Crippen LogP contribution in [0.2, 0.25) is 0 Å². The lowest BCUT2D eigenvalue weighted by molar-refractivity contribution is -0.126. The van der Waals surface area contributed by atoms with E-state index in [1.807, 2.05) is 17.9 Å². The van der Waals surface area contributed by atoms with Gasteiger partial charge < -0.3 is 20.2 Å². The second-order valence-electron chi connectivity index (χ2n) is 5.48. The Bertz CT molecular complexity index is 416. The van der Waals surface area contributed by atoms with Gasteiger partial charge in [-0.3, -0.25) is 9.69 Å². The molecule has 1 aromatic rings. The van der Waals surface area contributed by atoms with E-state index in [1.54, 1.807) is 12.3 Å². The van der Waals surface area contributed by atoms with Gasteiger partial charge in [-0.2, -0.15) is 0 Å². The van der Waals surface area contributed by atoms with E-state index in [-0.39, 0.29) is 18.6 Å². The first kappa shape index (κ1) is 16.0. The molecule has 1 saturated heterocycles. The Labute approximate surface area is 125 Å². The highest BCUT2D eigenvalue weighted by molar-refractivity contribution is 5.81. The summed E-state index contributed by atoms with van der Waals surface area (Å²) >= 11 is 0. The van der Waals surface area contributed by atoms with Gasteiger partial charge in [0.1, 0.15) is 5.76 Å². The van der Waals surface area contributed by atoms with Crippen LogP contribution in [-0.2, 0) is 11.3 Å². The van der Waals surface area contributed by atoms with Gasteiger partial charge in [0.25, 0.3) is 0 Å². The van der Waals surface area contributed by atoms with E-state index in [0.29, 0.717) is 19.1 Å². The van der Waals surface area contributed by atoms with Crippen molar-refractivity contribution >= 4 is 5.91 Å². The third kappa shape index (κ3) is 4.84. The van der Waals surface area contributed by atoms with Crippen molar-refractivity contribution in [1.29, 1.82) is 0 Å². The molecule has 1 amide bonds. The van der Waals surface area contributed by atoms with Gasteiger partial charge >= 0.3 is 0 Å². The van der Waals surface area contributed by atoms with E-state index in [0.717, 1.165) is 25.3 Å². The Balaban J connectivity index is 1.83. The molecule has 0 aromatic carbocycles. The van der Waals surface area contributed by atoms with E-state index in [4.69, 9.17) is 4.42 Å². The number of hydrogen-bond donors (Lipinski definition) is 3. The average Bonchev–Trinajstić information content (AvgIpc) is 3.16. The summed E-state index contributed by atoms with van der Waals surface area (Å²) in [6.07, 6.45) is 3.90. The molecule has 2 heterocycles. The Hall–Kier alpha value is -1.37. The molecule has 0 radical (unpaired) electrons. The number of carbonyl (C=O) groups is 1. The molecule has 3 N–H and O–H groups in total. The number of nitrogens with one attached hydrogen (secondary N) is 2. The zero-order valence-corrected chi connectivity index (χ0v) is 12.5. The fourth-order valence-electron chi connectivity index (χ4n) is 2.67. The van der Waals surface area contributed by atoms with Gasteiger partial charge in [0.05, 0.1) is 25.5 Å². The summed E-state index contributed by atoms with van der Waals surface area (Å²) in [6.45, 7) is 4.66. The lowest BCUT2D eigenvalue weighted by atomic mass is 10.1. The molecule has 6 nitrogen and oxygen atoms in total. The van der Waals surface area contributed by atoms with Crippen LogP contribution in [0.25, 0.3) is 0 Å². The maximum Gasteiger partial charge on any atom is 0.237 e. The summed E-state index contributed by atoms with van der Waals surface area (Å²) in [5.74, 6) is 0.694. The van der Waals surface area contributed by atoms with Crippen molar-refractivity contribution in [3.05, 3.63) is 24.2 Å². The van der Waals surface area contributed by atoms with E-state index in [9.17, 15) is 9.90 Å². The largest absolute Gasteiger partial charge is 0.467 e. The third-order valence-electron chi connectivity index (χ3n) is 3.95. The van der Waals surface area contributed by atoms with Crippen LogP contribution in [0.3, 0.4) is 0 Å². The van der Waals surface area contributed by atoms with Gasteiger partial charge in [-0.05, 0) is 38.4 Å². The van der Waals surface area contributed by atoms with Crippen LogP contribution >= 0.6 is 0 Å². The number of furan rings is 1. The Morgan fingerprint density at radius 3 is 3.14 bits per heavy atom. The summed E-state index contributed by atoms with van der Waals surface area (Å²) < 4.78 is 5.20. The predicted molar refractivity (Wildman–Crippen MR) is 79.7 cm³/mol. The van der Waals surface area contributed by atoms with Gasteiger partial charge in [-0.25, -0.2) is 0 Å². The number of rotatable bonds is 8. The van der Waals surface area contributed by atoms with E-state index in [2.05, 4.69) is 10.6 Å². The van der Waals surface area contributed by atoms with Gasteiger partial charge in [0.15, 0.2) is 0 Å². The summed E-state index contributed by atoms with van der Waals surface area (Å²) in [6, 6.07) is 3.78. The van der Waals surface area contributed by atoms with Crippen molar-refractivity contribution in [1.82, 2.24) is 15.5 Å². The van der Waals surface area contributed by atoms with Crippen LogP contribution in [0.15, 0.2) is 22.8 Å². The number of aliphatic hydroxyl groups excluding tert-OH is 1. The van der Waals surface area contributed by atoms with Gasteiger partial charge in [-0.15, -0.1) is 0 Å². The Kier molecular flexibility index (Phi) is 6.22. The van der Waals surface area contributed by atoms with Crippen molar-refractivity contribution in [3.8, 4) is 0 Å². The fourth-order valence-corrected chi connectivity index (χ4v) is 2.67. The van der Waals surface area contributed by atoms with Crippen LogP contribution in [0.1, 0.15) is 25.5 Å². The third-order valence-corrected chi connectivity index (χ3v) is 3.95. The minimum Gasteiger partial charge on any atom is -0.467 e. The van der Waals surface area contributed by atoms with Crippen molar-refractivity contribution in [3.63, 3.8) is 0 Å². The van der Waals surface area contributed by atoms with Gasteiger partial charge in [0, 0.05) is 19.1 Å². The number of amides is 1.